The van der Waals surface area contributed by atoms with Crippen LogP contribution in [0.2, 0.25) is 0 Å². The minimum atomic E-state index is -0.550. The van der Waals surface area contributed by atoms with Gasteiger partial charge in [0.05, 0.1) is 6.54 Å². The van der Waals surface area contributed by atoms with Gasteiger partial charge in [-0.15, -0.1) is 0 Å². The van der Waals surface area contributed by atoms with Crippen LogP contribution in [0, 0.1) is 27.7 Å². The molecule has 1 fully saturated rings. The fourth-order valence-corrected chi connectivity index (χ4v) is 4.31. The molecule has 0 bridgehead atoms. The second-order valence-corrected chi connectivity index (χ2v) is 8.89. The van der Waals surface area contributed by atoms with Crippen molar-refractivity contribution in [2.24, 2.45) is 4.99 Å². The van der Waals surface area contributed by atoms with Gasteiger partial charge in [0.1, 0.15) is 11.4 Å². The maximum atomic E-state index is 12.6. The van der Waals surface area contributed by atoms with E-state index < -0.39 is 5.66 Å². The lowest BCUT2D eigenvalue weighted by Gasteiger charge is -2.36. The Bertz CT molecular complexity index is 1070. The van der Waals surface area contributed by atoms with E-state index in [1.54, 1.807) is 0 Å². The maximum Gasteiger partial charge on any atom is 0.272 e. The van der Waals surface area contributed by atoms with E-state index >= 15 is 0 Å². The highest BCUT2D eigenvalue weighted by atomic mass is 16.2. The third-order valence-electron chi connectivity index (χ3n) is 6.37. The lowest BCUT2D eigenvalue weighted by Crippen LogP contribution is -2.52. The molecule has 1 spiro atoms. The van der Waals surface area contributed by atoms with Crippen molar-refractivity contribution < 1.29 is 9.59 Å². The molecule has 4 rings (SSSR count). The van der Waals surface area contributed by atoms with Gasteiger partial charge in [-0.3, -0.25) is 19.5 Å². The van der Waals surface area contributed by atoms with Gasteiger partial charge in [0.25, 0.3) is 5.91 Å². The highest BCUT2D eigenvalue weighted by Crippen LogP contribution is 2.29. The lowest BCUT2D eigenvalue weighted by molar-refractivity contribution is -0.119. The summed E-state index contributed by atoms with van der Waals surface area (Å²) in [6.45, 7) is 9.91. The van der Waals surface area contributed by atoms with E-state index in [2.05, 4.69) is 28.5 Å². The number of nitrogens with one attached hydrogen (secondary N) is 2. The second-order valence-electron chi connectivity index (χ2n) is 8.89. The van der Waals surface area contributed by atoms with Crippen molar-refractivity contribution in [2.75, 3.05) is 25.0 Å². The summed E-state index contributed by atoms with van der Waals surface area (Å²) in [4.78, 5) is 32.1. The van der Waals surface area contributed by atoms with Gasteiger partial charge in [-0.25, -0.2) is 0 Å². The Labute approximate surface area is 183 Å². The lowest BCUT2D eigenvalue weighted by atomic mass is 9.98. The SMILES string of the molecule is Cc1ccc(NC(=O)CN2CCC3(CC2)N=C(c2ccc(C)c(C)c2)C(=O)N3)c(C)c1. The molecule has 2 aliphatic rings. The van der Waals surface area contributed by atoms with Gasteiger partial charge in [0.2, 0.25) is 5.91 Å². The highest BCUT2D eigenvalue weighted by Gasteiger charge is 2.42. The standard InChI is InChI=1S/C25H30N4O2/c1-16-5-8-21(19(4)13-16)26-22(30)15-29-11-9-25(10-12-29)27-23(24(31)28-25)20-7-6-17(2)18(3)14-20/h5-8,13-14H,9-12,15H2,1-4H3,(H,26,30)(H,28,31). The summed E-state index contributed by atoms with van der Waals surface area (Å²) in [6, 6.07) is 12.0. The van der Waals surface area contributed by atoms with E-state index in [-0.39, 0.29) is 11.8 Å². The third-order valence-corrected chi connectivity index (χ3v) is 6.37. The zero-order valence-corrected chi connectivity index (χ0v) is 18.7. The molecule has 162 valence electrons. The topological polar surface area (TPSA) is 73.8 Å². The molecule has 1 saturated heterocycles. The summed E-state index contributed by atoms with van der Waals surface area (Å²) in [7, 11) is 0. The van der Waals surface area contributed by atoms with E-state index in [1.165, 1.54) is 11.1 Å². The van der Waals surface area contributed by atoms with Crippen LogP contribution in [-0.2, 0) is 9.59 Å². The van der Waals surface area contributed by atoms with Crippen molar-refractivity contribution in [2.45, 2.75) is 46.2 Å². The molecule has 2 aromatic carbocycles. The van der Waals surface area contributed by atoms with Gasteiger partial charge in [0.15, 0.2) is 0 Å². The molecule has 6 heteroatoms. The number of aliphatic imine (C=N–C) groups is 1. The van der Waals surface area contributed by atoms with E-state index in [9.17, 15) is 9.59 Å². The molecule has 0 unspecified atom stereocenters. The van der Waals surface area contributed by atoms with Gasteiger partial charge in [-0.1, -0.05) is 29.8 Å². The zero-order valence-electron chi connectivity index (χ0n) is 18.7. The van der Waals surface area contributed by atoms with E-state index in [0.717, 1.165) is 22.4 Å². The van der Waals surface area contributed by atoms with Crippen molar-refractivity contribution in [1.82, 2.24) is 10.2 Å². The van der Waals surface area contributed by atoms with Gasteiger partial charge in [-0.2, -0.15) is 0 Å². The monoisotopic (exact) mass is 418 g/mol. The first-order chi connectivity index (χ1) is 14.7. The summed E-state index contributed by atoms with van der Waals surface area (Å²) in [5.41, 5.74) is 6.28. The van der Waals surface area contributed by atoms with Crippen LogP contribution in [0.15, 0.2) is 41.4 Å². The largest absolute Gasteiger partial charge is 0.326 e. The molecule has 0 atom stereocenters. The molecule has 2 amide bonds. The van der Waals surface area contributed by atoms with Crippen molar-refractivity contribution in [3.63, 3.8) is 0 Å². The number of carbonyl (C=O) groups is 2. The first kappa shape index (κ1) is 21.2. The van der Waals surface area contributed by atoms with Crippen LogP contribution in [-0.4, -0.2) is 47.7 Å². The van der Waals surface area contributed by atoms with Crippen LogP contribution in [0.25, 0.3) is 0 Å². The Morgan fingerprint density at radius 1 is 1.03 bits per heavy atom. The van der Waals surface area contributed by atoms with Gasteiger partial charge in [0, 0.05) is 37.2 Å². The molecule has 2 aliphatic heterocycles. The molecule has 31 heavy (non-hydrogen) atoms. The summed E-state index contributed by atoms with van der Waals surface area (Å²) < 4.78 is 0. The predicted octanol–water partition coefficient (Wildman–Crippen LogP) is 3.27. The number of amides is 2. The molecule has 2 aromatic rings. The molecular formula is C25H30N4O2. The van der Waals surface area contributed by atoms with Crippen LogP contribution >= 0.6 is 0 Å². The number of benzene rings is 2. The van der Waals surface area contributed by atoms with Crippen LogP contribution in [0.3, 0.4) is 0 Å². The number of anilines is 1. The van der Waals surface area contributed by atoms with Crippen LogP contribution in [0.4, 0.5) is 5.69 Å². The Morgan fingerprint density at radius 3 is 2.45 bits per heavy atom. The summed E-state index contributed by atoms with van der Waals surface area (Å²) >= 11 is 0. The Kier molecular flexibility index (Phi) is 5.67. The number of carbonyl (C=O) groups excluding carboxylic acids is 2. The first-order valence-corrected chi connectivity index (χ1v) is 10.8. The van der Waals surface area contributed by atoms with Crippen molar-refractivity contribution in [1.29, 1.82) is 0 Å². The van der Waals surface area contributed by atoms with Crippen LogP contribution in [0.1, 0.15) is 40.7 Å². The number of hydrogen-bond donors (Lipinski definition) is 2. The second kappa shape index (κ2) is 8.27. The molecule has 6 nitrogen and oxygen atoms in total. The first-order valence-electron chi connectivity index (χ1n) is 10.8. The van der Waals surface area contributed by atoms with Gasteiger partial charge < -0.3 is 10.6 Å². The van der Waals surface area contributed by atoms with Gasteiger partial charge in [-0.05, 0) is 56.5 Å². The minimum absolute atomic E-state index is 0.0160. The fourth-order valence-electron chi connectivity index (χ4n) is 4.31. The number of piperidine rings is 1. The fraction of sp³-hybridized carbons (Fsp3) is 0.400. The van der Waals surface area contributed by atoms with Gasteiger partial charge >= 0.3 is 0 Å². The normalized spacial score (nSPS) is 18.1. The Balaban J connectivity index is 1.37. The van der Waals surface area contributed by atoms with Crippen molar-refractivity contribution in [3.8, 4) is 0 Å². The molecule has 2 heterocycles. The summed E-state index contributed by atoms with van der Waals surface area (Å²) in [5.74, 6) is -0.123. The van der Waals surface area contributed by atoms with E-state index in [1.807, 2.05) is 51.1 Å². The van der Waals surface area contributed by atoms with Crippen molar-refractivity contribution >= 4 is 23.2 Å². The zero-order chi connectivity index (χ0) is 22.2. The Morgan fingerprint density at radius 2 is 1.77 bits per heavy atom. The van der Waals surface area contributed by atoms with Crippen molar-refractivity contribution in [3.05, 3.63) is 64.2 Å². The maximum absolute atomic E-state index is 12.6. The molecule has 0 radical (unpaired) electrons. The smallest absolute Gasteiger partial charge is 0.272 e. The third kappa shape index (κ3) is 4.54. The molecule has 2 N–H and O–H groups in total. The summed E-state index contributed by atoms with van der Waals surface area (Å²) in [5, 5.41) is 6.12. The highest BCUT2D eigenvalue weighted by molar-refractivity contribution is 6.46. The molecule has 0 aliphatic carbocycles. The average molecular weight is 419 g/mol. The number of nitrogens with zero attached hydrogens (tertiary/aromatic N) is 2. The van der Waals surface area contributed by atoms with E-state index in [0.29, 0.717) is 38.2 Å². The summed E-state index contributed by atoms with van der Waals surface area (Å²) in [6.07, 6.45) is 1.40. The number of aryl methyl sites for hydroxylation is 4. The van der Waals surface area contributed by atoms with Crippen LogP contribution < -0.4 is 10.6 Å². The molecular weight excluding hydrogens is 388 g/mol. The van der Waals surface area contributed by atoms with E-state index in [4.69, 9.17) is 4.99 Å². The predicted molar refractivity (Wildman–Crippen MR) is 124 cm³/mol. The average Bonchev–Trinajstić information content (AvgIpc) is 3.04. The Hall–Kier alpha value is -2.99. The molecule has 0 saturated carbocycles. The molecule has 0 aromatic heterocycles. The number of rotatable bonds is 4. The number of likely N-dealkylation sites (tertiary alicyclic amines) is 1. The quantitative estimate of drug-likeness (QED) is 0.800. The van der Waals surface area contributed by atoms with Crippen LogP contribution in [0.5, 0.6) is 0 Å². The number of hydrogen-bond acceptors (Lipinski definition) is 4. The minimum Gasteiger partial charge on any atom is -0.326 e.